The SMILES string of the molecule is CC(NCC1(NC(=O)OC(C)(C)C)CCC1)C1CCN(C)CC1. The van der Waals surface area contributed by atoms with Crippen LogP contribution in [0, 0.1) is 5.92 Å². The summed E-state index contributed by atoms with van der Waals surface area (Å²) < 4.78 is 5.42. The first kappa shape index (κ1) is 18.5. The van der Waals surface area contributed by atoms with E-state index in [0.717, 1.165) is 25.3 Å². The van der Waals surface area contributed by atoms with Crippen molar-refractivity contribution in [3.05, 3.63) is 0 Å². The number of nitrogens with zero attached hydrogens (tertiary/aromatic N) is 1. The molecular formula is C18H35N3O2. The summed E-state index contributed by atoms with van der Waals surface area (Å²) in [5.74, 6) is 0.741. The van der Waals surface area contributed by atoms with E-state index in [1.165, 1.54) is 32.4 Å². The van der Waals surface area contributed by atoms with Gasteiger partial charge in [-0.25, -0.2) is 4.79 Å². The Labute approximate surface area is 141 Å². The van der Waals surface area contributed by atoms with Crippen molar-refractivity contribution in [1.29, 1.82) is 0 Å². The Hall–Kier alpha value is -0.810. The second-order valence-corrected chi connectivity index (χ2v) is 8.57. The van der Waals surface area contributed by atoms with Crippen molar-refractivity contribution in [1.82, 2.24) is 15.5 Å². The van der Waals surface area contributed by atoms with Gasteiger partial charge in [0.05, 0.1) is 5.54 Å². The summed E-state index contributed by atoms with van der Waals surface area (Å²) in [7, 11) is 2.20. The molecule has 0 radical (unpaired) electrons. The summed E-state index contributed by atoms with van der Waals surface area (Å²) in [6, 6.07) is 0.501. The molecule has 1 heterocycles. The fourth-order valence-corrected chi connectivity index (χ4v) is 3.52. The van der Waals surface area contributed by atoms with Gasteiger partial charge in [0.2, 0.25) is 0 Å². The van der Waals surface area contributed by atoms with E-state index in [2.05, 4.69) is 29.5 Å². The Balaban J connectivity index is 1.78. The zero-order chi connectivity index (χ0) is 17.1. The van der Waals surface area contributed by atoms with Crippen LogP contribution in [0.3, 0.4) is 0 Å². The second kappa shape index (κ2) is 7.39. The van der Waals surface area contributed by atoms with Gasteiger partial charge in [0.15, 0.2) is 0 Å². The lowest BCUT2D eigenvalue weighted by Gasteiger charge is -2.44. The molecule has 1 aliphatic heterocycles. The molecule has 1 atom stereocenters. The minimum absolute atomic E-state index is 0.109. The van der Waals surface area contributed by atoms with E-state index in [1.54, 1.807) is 0 Å². The number of piperidine rings is 1. The Bertz CT molecular complexity index is 394. The molecular weight excluding hydrogens is 290 g/mol. The lowest BCUT2D eigenvalue weighted by Crippen LogP contribution is -2.61. The number of carbonyl (C=O) groups is 1. The Morgan fingerprint density at radius 3 is 2.39 bits per heavy atom. The molecule has 134 valence electrons. The summed E-state index contributed by atoms with van der Waals surface area (Å²) in [6.45, 7) is 11.2. The molecule has 0 spiro atoms. The van der Waals surface area contributed by atoms with Crippen molar-refractivity contribution in [2.45, 2.75) is 77.0 Å². The highest BCUT2D eigenvalue weighted by atomic mass is 16.6. The molecule has 2 N–H and O–H groups in total. The third-order valence-electron chi connectivity index (χ3n) is 5.31. The van der Waals surface area contributed by atoms with Crippen LogP contribution in [0.4, 0.5) is 4.79 Å². The third-order valence-corrected chi connectivity index (χ3v) is 5.31. The van der Waals surface area contributed by atoms with Crippen LogP contribution >= 0.6 is 0 Å². The predicted molar refractivity (Wildman–Crippen MR) is 93.6 cm³/mol. The average molecular weight is 325 g/mol. The van der Waals surface area contributed by atoms with Gasteiger partial charge in [0.25, 0.3) is 0 Å². The fraction of sp³-hybridized carbons (Fsp3) is 0.944. The molecule has 1 unspecified atom stereocenters. The van der Waals surface area contributed by atoms with Crippen molar-refractivity contribution in [2.75, 3.05) is 26.7 Å². The predicted octanol–water partition coefficient (Wildman–Crippen LogP) is 2.75. The van der Waals surface area contributed by atoms with Gasteiger partial charge in [0, 0.05) is 12.6 Å². The molecule has 5 nitrogen and oxygen atoms in total. The number of nitrogens with one attached hydrogen (secondary N) is 2. The van der Waals surface area contributed by atoms with Gasteiger partial charge in [-0.2, -0.15) is 0 Å². The summed E-state index contributed by atoms with van der Waals surface area (Å²) in [5, 5.41) is 6.81. The first-order valence-corrected chi connectivity index (χ1v) is 9.12. The van der Waals surface area contributed by atoms with E-state index < -0.39 is 5.60 Å². The molecule has 23 heavy (non-hydrogen) atoms. The third kappa shape index (κ3) is 5.64. The molecule has 1 saturated heterocycles. The van der Waals surface area contributed by atoms with Crippen molar-refractivity contribution in [3.63, 3.8) is 0 Å². The van der Waals surface area contributed by atoms with Crippen LogP contribution in [-0.4, -0.2) is 54.9 Å². The Kier molecular flexibility index (Phi) is 5.95. The molecule has 0 aromatic rings. The smallest absolute Gasteiger partial charge is 0.408 e. The van der Waals surface area contributed by atoms with Gasteiger partial charge in [-0.3, -0.25) is 0 Å². The van der Waals surface area contributed by atoms with E-state index in [4.69, 9.17) is 4.74 Å². The Morgan fingerprint density at radius 1 is 1.30 bits per heavy atom. The molecule has 1 saturated carbocycles. The number of alkyl carbamates (subject to hydrolysis) is 1. The van der Waals surface area contributed by atoms with E-state index >= 15 is 0 Å². The molecule has 5 heteroatoms. The summed E-state index contributed by atoms with van der Waals surface area (Å²) in [4.78, 5) is 14.5. The second-order valence-electron chi connectivity index (χ2n) is 8.57. The first-order chi connectivity index (χ1) is 10.7. The molecule has 2 fully saturated rings. The highest BCUT2D eigenvalue weighted by Gasteiger charge is 2.40. The van der Waals surface area contributed by atoms with Gasteiger partial charge < -0.3 is 20.3 Å². The van der Waals surface area contributed by atoms with Gasteiger partial charge >= 0.3 is 6.09 Å². The molecule has 0 bridgehead atoms. The quantitative estimate of drug-likeness (QED) is 0.816. The number of rotatable bonds is 5. The van der Waals surface area contributed by atoms with Crippen LogP contribution in [0.2, 0.25) is 0 Å². The topological polar surface area (TPSA) is 53.6 Å². The number of ether oxygens (including phenoxy) is 1. The normalized spacial score (nSPS) is 23.9. The van der Waals surface area contributed by atoms with Crippen molar-refractivity contribution in [2.24, 2.45) is 5.92 Å². The highest BCUT2D eigenvalue weighted by molar-refractivity contribution is 5.69. The van der Waals surface area contributed by atoms with Crippen LogP contribution < -0.4 is 10.6 Å². The van der Waals surface area contributed by atoms with E-state index in [-0.39, 0.29) is 11.6 Å². The molecule has 1 amide bonds. The van der Waals surface area contributed by atoms with Crippen LogP contribution in [-0.2, 0) is 4.74 Å². The zero-order valence-electron chi connectivity index (χ0n) is 15.6. The van der Waals surface area contributed by atoms with Crippen LogP contribution in [0.1, 0.15) is 59.8 Å². The standard InChI is InChI=1S/C18H35N3O2/c1-14(15-7-11-21(5)12-8-15)19-13-18(9-6-10-18)20-16(22)23-17(2,3)4/h14-15,19H,6-13H2,1-5H3,(H,20,22). The maximum absolute atomic E-state index is 12.1. The molecule has 2 rings (SSSR count). The maximum atomic E-state index is 12.1. The van der Waals surface area contributed by atoms with Gasteiger partial charge in [-0.1, -0.05) is 0 Å². The van der Waals surface area contributed by atoms with Crippen LogP contribution in [0.15, 0.2) is 0 Å². The summed E-state index contributed by atoms with van der Waals surface area (Å²) in [5.41, 5.74) is -0.550. The lowest BCUT2D eigenvalue weighted by molar-refractivity contribution is 0.0374. The highest BCUT2D eigenvalue weighted by Crippen LogP contribution is 2.32. The molecule has 0 aromatic heterocycles. The monoisotopic (exact) mass is 325 g/mol. The largest absolute Gasteiger partial charge is 0.444 e. The summed E-state index contributed by atoms with van der Waals surface area (Å²) in [6.07, 6.45) is 5.50. The van der Waals surface area contributed by atoms with E-state index in [1.807, 2.05) is 20.8 Å². The van der Waals surface area contributed by atoms with Crippen molar-refractivity contribution < 1.29 is 9.53 Å². The average Bonchev–Trinajstić information content (AvgIpc) is 2.40. The van der Waals surface area contributed by atoms with E-state index in [9.17, 15) is 4.79 Å². The van der Waals surface area contributed by atoms with Gasteiger partial charge in [0.1, 0.15) is 5.60 Å². The molecule has 1 aliphatic carbocycles. The molecule has 0 aromatic carbocycles. The van der Waals surface area contributed by atoms with Crippen LogP contribution in [0.5, 0.6) is 0 Å². The molecule has 2 aliphatic rings. The fourth-order valence-electron chi connectivity index (χ4n) is 3.52. The maximum Gasteiger partial charge on any atom is 0.408 e. The van der Waals surface area contributed by atoms with Crippen molar-refractivity contribution in [3.8, 4) is 0 Å². The number of hydrogen-bond donors (Lipinski definition) is 2. The lowest BCUT2D eigenvalue weighted by atomic mass is 9.76. The minimum atomic E-state index is -0.441. The number of likely N-dealkylation sites (tertiary alicyclic amines) is 1. The van der Waals surface area contributed by atoms with Gasteiger partial charge in [-0.15, -0.1) is 0 Å². The first-order valence-electron chi connectivity index (χ1n) is 9.12. The van der Waals surface area contributed by atoms with Crippen LogP contribution in [0.25, 0.3) is 0 Å². The summed E-state index contributed by atoms with van der Waals surface area (Å²) >= 11 is 0. The number of hydrogen-bond acceptors (Lipinski definition) is 4. The van der Waals surface area contributed by atoms with Crippen molar-refractivity contribution >= 4 is 6.09 Å². The zero-order valence-corrected chi connectivity index (χ0v) is 15.6. The Morgan fingerprint density at radius 2 is 1.91 bits per heavy atom. The minimum Gasteiger partial charge on any atom is -0.444 e. The van der Waals surface area contributed by atoms with E-state index in [0.29, 0.717) is 6.04 Å². The number of carbonyl (C=O) groups excluding carboxylic acids is 1. The number of amides is 1. The van der Waals surface area contributed by atoms with Gasteiger partial charge in [-0.05, 0) is 85.9 Å².